The van der Waals surface area contributed by atoms with Crippen molar-refractivity contribution in [2.24, 2.45) is 0 Å². The largest absolute Gasteiger partial charge is 0.326 e. The second kappa shape index (κ2) is 7.98. The average Bonchev–Trinajstić information content (AvgIpc) is 2.55. The lowest BCUT2D eigenvalue weighted by molar-refractivity contribution is -0.115. The Morgan fingerprint density at radius 1 is 1.21 bits per heavy atom. The van der Waals surface area contributed by atoms with Crippen molar-refractivity contribution in [3.8, 4) is 6.07 Å². The average molecular weight is 339 g/mol. The van der Waals surface area contributed by atoms with Crippen LogP contribution in [0.1, 0.15) is 34.4 Å². The first-order valence-electron chi connectivity index (χ1n) is 7.80. The zero-order valence-electron chi connectivity index (χ0n) is 14.4. The van der Waals surface area contributed by atoms with E-state index in [4.69, 9.17) is 0 Å². The number of pyridine rings is 1. The van der Waals surface area contributed by atoms with Crippen LogP contribution >= 0.6 is 11.8 Å². The van der Waals surface area contributed by atoms with Crippen LogP contribution in [0.25, 0.3) is 0 Å². The molecule has 1 heterocycles. The second-order valence-corrected chi connectivity index (χ2v) is 6.78. The molecule has 0 bridgehead atoms. The van der Waals surface area contributed by atoms with Gasteiger partial charge in [0.15, 0.2) is 0 Å². The SMILES string of the molecule is Cc1ccccc1NC(=O)CCSc1nc(C)c(C)c(C)c1C#N. The molecule has 0 aliphatic heterocycles. The van der Waals surface area contributed by atoms with E-state index in [0.717, 1.165) is 28.1 Å². The lowest BCUT2D eigenvalue weighted by Gasteiger charge is -2.11. The Hall–Kier alpha value is -2.32. The number of aryl methyl sites for hydroxylation is 2. The van der Waals surface area contributed by atoms with Gasteiger partial charge in [-0.3, -0.25) is 4.79 Å². The van der Waals surface area contributed by atoms with Gasteiger partial charge in [-0.2, -0.15) is 5.26 Å². The molecule has 0 spiro atoms. The smallest absolute Gasteiger partial charge is 0.225 e. The van der Waals surface area contributed by atoms with E-state index in [1.807, 2.05) is 52.0 Å². The van der Waals surface area contributed by atoms with Gasteiger partial charge in [0.1, 0.15) is 11.1 Å². The number of para-hydroxylation sites is 1. The molecule has 0 aliphatic carbocycles. The first-order valence-corrected chi connectivity index (χ1v) is 8.78. The quantitative estimate of drug-likeness (QED) is 0.825. The fourth-order valence-corrected chi connectivity index (χ4v) is 3.34. The minimum Gasteiger partial charge on any atom is -0.326 e. The molecule has 0 atom stereocenters. The molecule has 0 aliphatic rings. The number of carbonyl (C=O) groups excluding carboxylic acids is 1. The van der Waals surface area contributed by atoms with Gasteiger partial charge in [-0.25, -0.2) is 4.98 Å². The Kier molecular flexibility index (Phi) is 5.99. The van der Waals surface area contributed by atoms with Crippen LogP contribution in [0.2, 0.25) is 0 Å². The van der Waals surface area contributed by atoms with Crippen LogP contribution in [-0.4, -0.2) is 16.6 Å². The number of nitriles is 1. The van der Waals surface area contributed by atoms with E-state index in [-0.39, 0.29) is 5.91 Å². The van der Waals surface area contributed by atoms with Crippen molar-refractivity contribution in [2.45, 2.75) is 39.1 Å². The number of nitrogens with zero attached hydrogens (tertiary/aromatic N) is 2. The van der Waals surface area contributed by atoms with Crippen molar-refractivity contribution in [3.63, 3.8) is 0 Å². The predicted molar refractivity (Wildman–Crippen MR) is 98.3 cm³/mol. The lowest BCUT2D eigenvalue weighted by Crippen LogP contribution is -2.13. The molecule has 0 radical (unpaired) electrons. The first-order chi connectivity index (χ1) is 11.4. The molecule has 0 saturated heterocycles. The highest BCUT2D eigenvalue weighted by Crippen LogP contribution is 2.27. The summed E-state index contributed by atoms with van der Waals surface area (Å²) in [7, 11) is 0. The molecule has 1 aromatic carbocycles. The molecule has 5 heteroatoms. The molecule has 124 valence electrons. The third kappa shape index (κ3) is 4.15. The van der Waals surface area contributed by atoms with Crippen LogP contribution in [0.3, 0.4) is 0 Å². The van der Waals surface area contributed by atoms with E-state index in [1.54, 1.807) is 0 Å². The molecule has 2 rings (SSSR count). The number of hydrogen-bond donors (Lipinski definition) is 1. The van der Waals surface area contributed by atoms with E-state index in [2.05, 4.69) is 16.4 Å². The number of rotatable bonds is 5. The van der Waals surface area contributed by atoms with Crippen LogP contribution in [0.5, 0.6) is 0 Å². The van der Waals surface area contributed by atoms with Crippen molar-refractivity contribution >= 4 is 23.4 Å². The Bertz CT molecular complexity index is 809. The summed E-state index contributed by atoms with van der Waals surface area (Å²) in [6, 6.07) is 9.93. The Labute approximate surface area is 147 Å². The fourth-order valence-electron chi connectivity index (χ4n) is 2.31. The van der Waals surface area contributed by atoms with E-state index in [1.165, 1.54) is 11.8 Å². The van der Waals surface area contributed by atoms with E-state index >= 15 is 0 Å². The van der Waals surface area contributed by atoms with Crippen LogP contribution in [0.15, 0.2) is 29.3 Å². The Balaban J connectivity index is 1.99. The van der Waals surface area contributed by atoms with E-state index in [0.29, 0.717) is 22.8 Å². The van der Waals surface area contributed by atoms with E-state index in [9.17, 15) is 10.1 Å². The van der Waals surface area contributed by atoms with E-state index < -0.39 is 0 Å². The number of aromatic nitrogens is 1. The van der Waals surface area contributed by atoms with Gasteiger partial charge in [0.2, 0.25) is 5.91 Å². The number of hydrogen-bond acceptors (Lipinski definition) is 4. The summed E-state index contributed by atoms with van der Waals surface area (Å²) in [5.74, 6) is 0.553. The standard InChI is InChI=1S/C19H21N3OS/c1-12-7-5-6-8-17(12)22-18(23)9-10-24-19-16(11-20)14(3)13(2)15(4)21-19/h5-8H,9-10H2,1-4H3,(H,22,23). The molecule has 0 saturated carbocycles. The molecule has 0 unspecified atom stereocenters. The van der Waals surface area contributed by atoms with Crippen LogP contribution < -0.4 is 5.32 Å². The summed E-state index contributed by atoms with van der Waals surface area (Å²) < 4.78 is 0. The van der Waals surface area contributed by atoms with Gasteiger partial charge in [-0.05, 0) is 50.5 Å². The van der Waals surface area contributed by atoms with Gasteiger partial charge in [0.05, 0.1) is 5.56 Å². The minimum absolute atomic E-state index is 0.0316. The van der Waals surface area contributed by atoms with Crippen LogP contribution in [-0.2, 0) is 4.79 Å². The molecule has 2 aromatic rings. The normalized spacial score (nSPS) is 10.3. The van der Waals surface area contributed by atoms with Crippen molar-refractivity contribution in [2.75, 3.05) is 11.1 Å². The summed E-state index contributed by atoms with van der Waals surface area (Å²) in [6.07, 6.45) is 0.373. The topological polar surface area (TPSA) is 65.8 Å². The number of carbonyl (C=O) groups is 1. The van der Waals surface area contributed by atoms with Gasteiger partial charge in [0.25, 0.3) is 0 Å². The molecule has 0 fully saturated rings. The molecule has 1 aromatic heterocycles. The monoisotopic (exact) mass is 339 g/mol. The third-order valence-corrected chi connectivity index (χ3v) is 5.04. The van der Waals surface area contributed by atoms with Gasteiger partial charge in [-0.15, -0.1) is 11.8 Å². The summed E-state index contributed by atoms with van der Waals surface area (Å²) in [5.41, 5.74) is 5.44. The molecular formula is C19H21N3OS. The zero-order valence-corrected chi connectivity index (χ0v) is 15.3. The molecule has 24 heavy (non-hydrogen) atoms. The zero-order chi connectivity index (χ0) is 17.7. The summed E-state index contributed by atoms with van der Waals surface area (Å²) in [5, 5.41) is 13.0. The highest BCUT2D eigenvalue weighted by Gasteiger charge is 2.13. The van der Waals surface area contributed by atoms with Crippen molar-refractivity contribution in [1.82, 2.24) is 4.98 Å². The maximum atomic E-state index is 12.1. The van der Waals surface area contributed by atoms with Gasteiger partial charge in [0, 0.05) is 23.6 Å². The Morgan fingerprint density at radius 2 is 1.92 bits per heavy atom. The third-order valence-electron chi connectivity index (χ3n) is 4.06. The maximum Gasteiger partial charge on any atom is 0.225 e. The summed E-state index contributed by atoms with van der Waals surface area (Å²) >= 11 is 1.46. The molecule has 1 N–H and O–H groups in total. The lowest BCUT2D eigenvalue weighted by atomic mass is 10.1. The summed E-state index contributed by atoms with van der Waals surface area (Å²) in [6.45, 7) is 7.82. The van der Waals surface area contributed by atoms with Crippen molar-refractivity contribution in [1.29, 1.82) is 5.26 Å². The van der Waals surface area contributed by atoms with Crippen LogP contribution in [0, 0.1) is 39.0 Å². The number of nitrogens with one attached hydrogen (secondary N) is 1. The molecule has 1 amide bonds. The summed E-state index contributed by atoms with van der Waals surface area (Å²) in [4.78, 5) is 16.6. The van der Waals surface area contributed by atoms with Gasteiger partial charge in [-0.1, -0.05) is 18.2 Å². The van der Waals surface area contributed by atoms with Gasteiger partial charge < -0.3 is 5.32 Å². The number of thioether (sulfide) groups is 1. The molecular weight excluding hydrogens is 318 g/mol. The number of benzene rings is 1. The second-order valence-electron chi connectivity index (χ2n) is 5.70. The molecule has 4 nitrogen and oxygen atoms in total. The van der Waals surface area contributed by atoms with Gasteiger partial charge >= 0.3 is 0 Å². The highest BCUT2D eigenvalue weighted by atomic mass is 32.2. The minimum atomic E-state index is -0.0316. The van der Waals surface area contributed by atoms with Crippen LogP contribution in [0.4, 0.5) is 5.69 Å². The van der Waals surface area contributed by atoms with Crippen molar-refractivity contribution in [3.05, 3.63) is 52.2 Å². The predicted octanol–water partition coefficient (Wildman–Crippen LogP) is 4.31. The first kappa shape index (κ1) is 18.0. The fraction of sp³-hybridized carbons (Fsp3) is 0.316. The number of anilines is 1. The highest BCUT2D eigenvalue weighted by molar-refractivity contribution is 7.99. The maximum absolute atomic E-state index is 12.1. The number of amides is 1. The van der Waals surface area contributed by atoms with Crippen molar-refractivity contribution < 1.29 is 4.79 Å². The Morgan fingerprint density at radius 3 is 2.58 bits per heavy atom.